The first-order valence-corrected chi connectivity index (χ1v) is 12.0. The molecule has 4 aliphatic heterocycles. The van der Waals surface area contributed by atoms with Crippen molar-refractivity contribution in [3.63, 3.8) is 0 Å². The lowest BCUT2D eigenvalue weighted by Crippen LogP contribution is -2.65. The van der Waals surface area contributed by atoms with Crippen LogP contribution in [0, 0.1) is 0 Å². The summed E-state index contributed by atoms with van der Waals surface area (Å²) < 4.78 is 51.9. The zero-order valence-corrected chi connectivity index (χ0v) is 21.7. The zero-order valence-electron chi connectivity index (χ0n) is 21.7. The molecule has 0 unspecified atom stereocenters. The summed E-state index contributed by atoms with van der Waals surface area (Å²) in [5.74, 6) is -2.87. The fourth-order valence-corrected chi connectivity index (χ4v) is 5.16. The number of amides is 2. The highest BCUT2D eigenvalue weighted by molar-refractivity contribution is 5.92. The highest BCUT2D eigenvalue weighted by Crippen LogP contribution is 2.42. The first-order valence-electron chi connectivity index (χ1n) is 12.0. The maximum atomic E-state index is 12.7. The Hall–Kier alpha value is -2.36. The van der Waals surface area contributed by atoms with E-state index in [2.05, 4.69) is 0 Å². The van der Waals surface area contributed by atoms with Gasteiger partial charge in [0.25, 0.3) is 0 Å². The number of hydrogen-bond donors (Lipinski definition) is 0. The molecule has 37 heavy (non-hydrogen) atoms. The topological polar surface area (TPSA) is 155 Å². The van der Waals surface area contributed by atoms with Gasteiger partial charge in [-0.25, -0.2) is 9.69 Å². The highest BCUT2D eigenvalue weighted by Gasteiger charge is 2.62. The molecular formula is C23H33NO13. The molecule has 14 heteroatoms. The lowest BCUT2D eigenvalue weighted by molar-refractivity contribution is -0.326. The number of ether oxygens (including phenoxy) is 9. The first kappa shape index (κ1) is 27.7. The second-order valence-corrected chi connectivity index (χ2v) is 9.76. The summed E-state index contributed by atoms with van der Waals surface area (Å²) in [7, 11) is 1.49. The van der Waals surface area contributed by atoms with Gasteiger partial charge in [-0.3, -0.25) is 14.4 Å². The highest BCUT2D eigenvalue weighted by atomic mass is 16.8. The van der Waals surface area contributed by atoms with Crippen LogP contribution in [0.25, 0.3) is 0 Å². The molecule has 208 valence electrons. The Morgan fingerprint density at radius 1 is 0.946 bits per heavy atom. The molecule has 0 aromatic rings. The molecule has 0 bridgehead atoms. The van der Waals surface area contributed by atoms with E-state index in [0.29, 0.717) is 0 Å². The van der Waals surface area contributed by atoms with Gasteiger partial charge >= 0.3 is 18.0 Å². The molecule has 4 rings (SSSR count). The summed E-state index contributed by atoms with van der Waals surface area (Å²) in [4.78, 5) is 49.4. The molecule has 4 fully saturated rings. The molecule has 4 heterocycles. The van der Waals surface area contributed by atoms with Crippen LogP contribution in [0.2, 0.25) is 0 Å². The molecule has 0 spiro atoms. The average Bonchev–Trinajstić information content (AvgIpc) is 3.31. The Balaban J connectivity index is 1.67. The van der Waals surface area contributed by atoms with E-state index in [-0.39, 0.29) is 6.61 Å². The smallest absolute Gasteiger partial charge is 0.417 e. The van der Waals surface area contributed by atoms with Gasteiger partial charge in [0.05, 0.1) is 6.10 Å². The summed E-state index contributed by atoms with van der Waals surface area (Å²) in [5.41, 5.74) is 0. The van der Waals surface area contributed by atoms with Gasteiger partial charge in [0, 0.05) is 27.9 Å². The monoisotopic (exact) mass is 531 g/mol. The SMILES string of the molecule is CO[C@@H]1O[C@@H](C)[C@H](O[C@@H]2O[C@H](COC(C)=O)[C@@H](OC(C)=O)[C@@H]3OC(=O)N(C(C)=O)[C@@H]23)[C@H]2OC(C)(C)O[C@@H]12. The van der Waals surface area contributed by atoms with Crippen molar-refractivity contribution < 1.29 is 61.8 Å². The minimum Gasteiger partial charge on any atom is -0.463 e. The Morgan fingerprint density at radius 3 is 2.22 bits per heavy atom. The predicted octanol–water partition coefficient (Wildman–Crippen LogP) is 0.239. The van der Waals surface area contributed by atoms with Gasteiger partial charge < -0.3 is 42.6 Å². The van der Waals surface area contributed by atoms with Gasteiger partial charge in [-0.05, 0) is 20.8 Å². The summed E-state index contributed by atoms with van der Waals surface area (Å²) >= 11 is 0. The van der Waals surface area contributed by atoms with E-state index in [1.807, 2.05) is 0 Å². The largest absolute Gasteiger partial charge is 0.463 e. The minimum absolute atomic E-state index is 0.324. The van der Waals surface area contributed by atoms with Gasteiger partial charge in [0.15, 0.2) is 30.6 Å². The molecule has 0 N–H and O–H groups in total. The number of fused-ring (bicyclic) bond motifs is 2. The van der Waals surface area contributed by atoms with Crippen molar-refractivity contribution in [1.82, 2.24) is 4.90 Å². The molecule has 4 saturated heterocycles. The van der Waals surface area contributed by atoms with Crippen molar-refractivity contribution in [2.45, 2.75) is 109 Å². The number of rotatable bonds is 6. The Kier molecular flexibility index (Phi) is 7.79. The van der Waals surface area contributed by atoms with Crippen LogP contribution in [0.3, 0.4) is 0 Å². The van der Waals surface area contributed by atoms with Gasteiger partial charge in [0.1, 0.15) is 37.1 Å². The fraction of sp³-hybridized carbons (Fsp3) is 0.826. The first-order chi connectivity index (χ1) is 17.3. The van der Waals surface area contributed by atoms with Gasteiger partial charge in [-0.2, -0.15) is 0 Å². The lowest BCUT2D eigenvalue weighted by atomic mass is 9.95. The van der Waals surface area contributed by atoms with Crippen molar-refractivity contribution in [3.8, 4) is 0 Å². The third kappa shape index (κ3) is 5.45. The Bertz CT molecular complexity index is 924. The zero-order chi connectivity index (χ0) is 27.2. The average molecular weight is 532 g/mol. The van der Waals surface area contributed by atoms with Crippen molar-refractivity contribution in [2.24, 2.45) is 0 Å². The molecule has 0 aromatic carbocycles. The van der Waals surface area contributed by atoms with E-state index in [9.17, 15) is 19.2 Å². The van der Waals surface area contributed by atoms with E-state index in [0.717, 1.165) is 4.90 Å². The molecule has 0 aliphatic carbocycles. The van der Waals surface area contributed by atoms with Crippen molar-refractivity contribution in [1.29, 1.82) is 0 Å². The Morgan fingerprint density at radius 2 is 1.62 bits per heavy atom. The predicted molar refractivity (Wildman–Crippen MR) is 117 cm³/mol. The quantitative estimate of drug-likeness (QED) is 0.340. The van der Waals surface area contributed by atoms with Crippen LogP contribution in [0.4, 0.5) is 4.79 Å². The molecular weight excluding hydrogens is 498 g/mol. The Labute approximate surface area is 213 Å². The number of imide groups is 1. The maximum absolute atomic E-state index is 12.7. The molecule has 2 amide bonds. The number of esters is 2. The van der Waals surface area contributed by atoms with Gasteiger partial charge in [0.2, 0.25) is 5.91 Å². The van der Waals surface area contributed by atoms with E-state index >= 15 is 0 Å². The standard InChI is InChI=1S/C23H33NO13/c1-9-15(18-19(21(29-7)31-9)37-23(5,6)36-18)34-20-14-17(35-22(28)24(14)10(2)25)16(32-12(4)27)13(33-20)8-30-11(3)26/h9,13-21H,8H2,1-7H3/t9-,13+,14+,15-,16+,17+,18+,19+,20-,21+/m0/s1. The third-order valence-electron chi connectivity index (χ3n) is 6.53. The van der Waals surface area contributed by atoms with E-state index < -0.39 is 91.1 Å². The van der Waals surface area contributed by atoms with Crippen LogP contribution in [-0.4, -0.2) is 110 Å². The second-order valence-electron chi connectivity index (χ2n) is 9.76. The molecule has 0 radical (unpaired) electrons. The van der Waals surface area contributed by atoms with Crippen LogP contribution in [-0.2, 0) is 57.0 Å². The summed E-state index contributed by atoms with van der Waals surface area (Å²) in [6.07, 6.45) is -9.04. The molecule has 0 saturated carbocycles. The number of methoxy groups -OCH3 is 1. The number of carbonyl (C=O) groups is 4. The minimum atomic E-state index is -1.28. The normalized spacial score (nSPS) is 40.4. The van der Waals surface area contributed by atoms with E-state index in [4.69, 9.17) is 42.6 Å². The summed E-state index contributed by atoms with van der Waals surface area (Å²) in [6.45, 7) is 8.48. The second kappa shape index (κ2) is 10.4. The number of nitrogens with zero attached hydrogens (tertiary/aromatic N) is 1. The molecule has 0 aromatic heterocycles. The van der Waals surface area contributed by atoms with Crippen molar-refractivity contribution in [3.05, 3.63) is 0 Å². The third-order valence-corrected chi connectivity index (χ3v) is 6.53. The van der Waals surface area contributed by atoms with Crippen LogP contribution < -0.4 is 0 Å². The maximum Gasteiger partial charge on any atom is 0.417 e. The van der Waals surface area contributed by atoms with E-state index in [1.165, 1.54) is 27.9 Å². The summed E-state index contributed by atoms with van der Waals surface area (Å²) in [5, 5.41) is 0. The van der Waals surface area contributed by atoms with Crippen LogP contribution >= 0.6 is 0 Å². The molecule has 4 aliphatic rings. The van der Waals surface area contributed by atoms with Crippen LogP contribution in [0.5, 0.6) is 0 Å². The lowest BCUT2D eigenvalue weighted by Gasteiger charge is -2.46. The molecule has 10 atom stereocenters. The summed E-state index contributed by atoms with van der Waals surface area (Å²) in [6, 6.07) is -1.12. The number of carbonyl (C=O) groups excluding carboxylic acids is 4. The van der Waals surface area contributed by atoms with Crippen molar-refractivity contribution in [2.75, 3.05) is 13.7 Å². The van der Waals surface area contributed by atoms with Crippen molar-refractivity contribution >= 4 is 23.9 Å². The van der Waals surface area contributed by atoms with Gasteiger partial charge in [-0.15, -0.1) is 0 Å². The van der Waals surface area contributed by atoms with Crippen LogP contribution in [0.15, 0.2) is 0 Å². The van der Waals surface area contributed by atoms with Gasteiger partial charge in [-0.1, -0.05) is 0 Å². The van der Waals surface area contributed by atoms with E-state index in [1.54, 1.807) is 20.8 Å². The fourth-order valence-electron chi connectivity index (χ4n) is 5.16. The molecule has 14 nitrogen and oxygen atoms in total. The number of hydrogen-bond acceptors (Lipinski definition) is 13. The van der Waals surface area contributed by atoms with Crippen LogP contribution in [0.1, 0.15) is 41.5 Å².